The van der Waals surface area contributed by atoms with E-state index in [1.807, 2.05) is 31.2 Å². The fourth-order valence-corrected chi connectivity index (χ4v) is 4.04. The number of anilines is 1. The zero-order valence-corrected chi connectivity index (χ0v) is 20.7. The van der Waals surface area contributed by atoms with Gasteiger partial charge in [0.15, 0.2) is 0 Å². The molecule has 0 aliphatic carbocycles. The summed E-state index contributed by atoms with van der Waals surface area (Å²) in [6, 6.07) is 15.1. The molecular formula is C25H26ClFN2O4S. The maximum Gasteiger partial charge on any atom is 0.229 e. The van der Waals surface area contributed by atoms with Gasteiger partial charge < -0.3 is 4.74 Å². The van der Waals surface area contributed by atoms with Crippen LogP contribution in [0.3, 0.4) is 0 Å². The molecule has 9 heteroatoms. The molecule has 0 radical (unpaired) electrons. The summed E-state index contributed by atoms with van der Waals surface area (Å²) >= 11 is 5.92. The van der Waals surface area contributed by atoms with Gasteiger partial charge in [-0.05, 0) is 54.8 Å². The zero-order valence-electron chi connectivity index (χ0n) is 19.1. The van der Waals surface area contributed by atoms with E-state index in [0.29, 0.717) is 29.5 Å². The SMILES string of the molecule is Cc1ccc(CCC(=O)C(C)c2ccc(NS(C)(=O)=O)c(F)c2)c(OCc2ccc(Cl)cc2)n1. The molecule has 0 spiro atoms. The molecule has 0 amide bonds. The smallest absolute Gasteiger partial charge is 0.229 e. The highest BCUT2D eigenvalue weighted by atomic mass is 35.5. The minimum Gasteiger partial charge on any atom is -0.473 e. The number of halogens is 2. The maximum atomic E-state index is 14.3. The third-order valence-corrected chi connectivity index (χ3v) is 6.12. The Labute approximate surface area is 204 Å². The van der Waals surface area contributed by atoms with E-state index in [-0.39, 0.29) is 17.9 Å². The second-order valence-electron chi connectivity index (χ2n) is 8.13. The molecule has 0 bridgehead atoms. The average Bonchev–Trinajstić information content (AvgIpc) is 2.78. The van der Waals surface area contributed by atoms with Crippen LogP contribution in [0.4, 0.5) is 10.1 Å². The lowest BCUT2D eigenvalue weighted by Crippen LogP contribution is -2.13. The number of nitrogens with zero attached hydrogens (tertiary/aromatic N) is 1. The maximum absolute atomic E-state index is 14.3. The van der Waals surface area contributed by atoms with Crippen LogP contribution in [-0.4, -0.2) is 25.4 Å². The first kappa shape index (κ1) is 25.6. The van der Waals surface area contributed by atoms with E-state index in [1.165, 1.54) is 12.1 Å². The van der Waals surface area contributed by atoms with Crippen molar-refractivity contribution in [3.05, 3.63) is 87.8 Å². The van der Waals surface area contributed by atoms with Crippen molar-refractivity contribution < 1.29 is 22.3 Å². The molecule has 180 valence electrons. The first-order valence-electron chi connectivity index (χ1n) is 10.7. The molecule has 1 heterocycles. The quantitative estimate of drug-likeness (QED) is 0.397. The second-order valence-corrected chi connectivity index (χ2v) is 10.3. The summed E-state index contributed by atoms with van der Waals surface area (Å²) in [5, 5.41) is 0.645. The van der Waals surface area contributed by atoms with Gasteiger partial charge in [-0.3, -0.25) is 9.52 Å². The number of aromatic nitrogens is 1. The Morgan fingerprint density at radius 2 is 1.85 bits per heavy atom. The van der Waals surface area contributed by atoms with E-state index < -0.39 is 21.8 Å². The van der Waals surface area contributed by atoms with Crippen molar-refractivity contribution in [1.82, 2.24) is 4.98 Å². The number of hydrogen-bond acceptors (Lipinski definition) is 5. The van der Waals surface area contributed by atoms with Gasteiger partial charge in [0.25, 0.3) is 0 Å². The van der Waals surface area contributed by atoms with E-state index in [0.717, 1.165) is 23.1 Å². The number of sulfonamides is 1. The van der Waals surface area contributed by atoms with Crippen molar-refractivity contribution in [3.8, 4) is 5.88 Å². The number of carbonyl (C=O) groups is 1. The molecule has 1 N–H and O–H groups in total. The number of ketones is 1. The Morgan fingerprint density at radius 1 is 1.15 bits per heavy atom. The summed E-state index contributed by atoms with van der Waals surface area (Å²) in [6.07, 6.45) is 1.58. The Hall–Kier alpha value is -2.97. The van der Waals surface area contributed by atoms with Gasteiger partial charge in [0.1, 0.15) is 18.2 Å². The topological polar surface area (TPSA) is 85.4 Å². The van der Waals surface area contributed by atoms with Crippen LogP contribution >= 0.6 is 11.6 Å². The van der Waals surface area contributed by atoms with Crippen molar-refractivity contribution in [2.24, 2.45) is 0 Å². The Balaban J connectivity index is 1.66. The minimum absolute atomic E-state index is 0.0764. The zero-order chi connectivity index (χ0) is 24.9. The molecule has 3 aromatic rings. The number of rotatable bonds is 10. The lowest BCUT2D eigenvalue weighted by Gasteiger charge is -2.14. The van der Waals surface area contributed by atoms with Crippen molar-refractivity contribution in [2.75, 3.05) is 11.0 Å². The molecule has 1 atom stereocenters. The molecule has 0 saturated carbocycles. The highest BCUT2D eigenvalue weighted by Gasteiger charge is 2.19. The number of pyridine rings is 1. The van der Waals surface area contributed by atoms with Crippen molar-refractivity contribution in [2.45, 2.75) is 39.2 Å². The van der Waals surface area contributed by atoms with Crippen LogP contribution in [0, 0.1) is 12.7 Å². The van der Waals surface area contributed by atoms with Crippen LogP contribution in [0.2, 0.25) is 5.02 Å². The summed E-state index contributed by atoms with van der Waals surface area (Å²) in [4.78, 5) is 17.3. The molecule has 0 fully saturated rings. The normalized spacial score (nSPS) is 12.3. The van der Waals surface area contributed by atoms with Crippen molar-refractivity contribution in [3.63, 3.8) is 0 Å². The fraction of sp³-hybridized carbons (Fsp3) is 0.280. The third-order valence-electron chi connectivity index (χ3n) is 5.28. The predicted molar refractivity (Wildman–Crippen MR) is 131 cm³/mol. The minimum atomic E-state index is -3.60. The summed E-state index contributed by atoms with van der Waals surface area (Å²) in [6.45, 7) is 3.88. The Morgan fingerprint density at radius 3 is 2.50 bits per heavy atom. The van der Waals surface area contributed by atoms with E-state index in [4.69, 9.17) is 16.3 Å². The number of benzene rings is 2. The van der Waals surface area contributed by atoms with Gasteiger partial charge in [-0.1, -0.05) is 42.8 Å². The lowest BCUT2D eigenvalue weighted by molar-refractivity contribution is -0.120. The van der Waals surface area contributed by atoms with Gasteiger partial charge in [0.05, 0.1) is 11.9 Å². The van der Waals surface area contributed by atoms with E-state index in [2.05, 4.69) is 9.71 Å². The first-order valence-corrected chi connectivity index (χ1v) is 12.9. The molecule has 6 nitrogen and oxygen atoms in total. The van der Waals surface area contributed by atoms with Crippen LogP contribution in [0.1, 0.15) is 41.6 Å². The molecule has 0 saturated heterocycles. The van der Waals surface area contributed by atoms with Gasteiger partial charge in [-0.15, -0.1) is 0 Å². The van der Waals surface area contributed by atoms with E-state index in [1.54, 1.807) is 25.1 Å². The largest absolute Gasteiger partial charge is 0.473 e. The highest BCUT2D eigenvalue weighted by molar-refractivity contribution is 7.92. The highest BCUT2D eigenvalue weighted by Crippen LogP contribution is 2.26. The van der Waals surface area contributed by atoms with E-state index >= 15 is 0 Å². The fourth-order valence-electron chi connectivity index (χ4n) is 3.35. The Bertz CT molecular complexity index is 1280. The number of Topliss-reactive ketones (excluding diaryl/α,β-unsaturated/α-hetero) is 1. The van der Waals surface area contributed by atoms with E-state index in [9.17, 15) is 17.6 Å². The monoisotopic (exact) mass is 504 g/mol. The molecule has 3 rings (SSSR count). The first-order chi connectivity index (χ1) is 16.0. The standard InChI is InChI=1S/C25H26ClFN2O4S/c1-16-4-7-19(25(28-16)33-15-18-5-10-21(26)11-6-18)9-13-24(30)17(2)20-8-12-23(22(27)14-20)29-34(3,31)32/h4-8,10-12,14,17,29H,9,13,15H2,1-3H3. The number of carbonyl (C=O) groups excluding carboxylic acids is 1. The molecular weight excluding hydrogens is 479 g/mol. The summed E-state index contributed by atoms with van der Waals surface area (Å²) in [7, 11) is -3.60. The van der Waals surface area contributed by atoms with Gasteiger partial charge in [-0.2, -0.15) is 0 Å². The number of nitrogens with one attached hydrogen (secondary N) is 1. The van der Waals surface area contributed by atoms with Crippen LogP contribution < -0.4 is 9.46 Å². The number of aryl methyl sites for hydroxylation is 2. The molecule has 0 aliphatic rings. The molecule has 1 unspecified atom stereocenters. The van der Waals surface area contributed by atoms with Crippen LogP contribution in [0.5, 0.6) is 5.88 Å². The third kappa shape index (κ3) is 7.27. The lowest BCUT2D eigenvalue weighted by atomic mass is 9.93. The average molecular weight is 505 g/mol. The Kier molecular flexibility index (Phi) is 8.28. The van der Waals surface area contributed by atoms with Crippen molar-refractivity contribution >= 4 is 33.1 Å². The van der Waals surface area contributed by atoms with Crippen LogP contribution in [0.25, 0.3) is 0 Å². The molecule has 1 aromatic heterocycles. The summed E-state index contributed by atoms with van der Waals surface area (Å²) < 4.78 is 45.0. The van der Waals surface area contributed by atoms with Crippen molar-refractivity contribution in [1.29, 1.82) is 0 Å². The van der Waals surface area contributed by atoms with Gasteiger partial charge >= 0.3 is 0 Å². The van der Waals surface area contributed by atoms with Gasteiger partial charge in [0, 0.05) is 28.6 Å². The van der Waals surface area contributed by atoms with Gasteiger partial charge in [0.2, 0.25) is 15.9 Å². The van der Waals surface area contributed by atoms with Gasteiger partial charge in [-0.25, -0.2) is 17.8 Å². The number of ether oxygens (including phenoxy) is 1. The summed E-state index contributed by atoms with van der Waals surface area (Å²) in [5.41, 5.74) is 2.87. The predicted octanol–water partition coefficient (Wildman–Crippen LogP) is 5.44. The number of hydrogen-bond donors (Lipinski definition) is 1. The molecule has 2 aromatic carbocycles. The van der Waals surface area contributed by atoms with Crippen LogP contribution in [-0.2, 0) is 27.8 Å². The molecule has 0 aliphatic heterocycles. The second kappa shape index (κ2) is 11.0. The van der Waals surface area contributed by atoms with Crippen LogP contribution in [0.15, 0.2) is 54.6 Å². The molecule has 34 heavy (non-hydrogen) atoms. The summed E-state index contributed by atoms with van der Waals surface area (Å²) in [5.74, 6) is -0.896.